The lowest BCUT2D eigenvalue weighted by Crippen LogP contribution is -2.47. The van der Waals surface area contributed by atoms with Crippen molar-refractivity contribution in [3.05, 3.63) is 30.1 Å². The molecule has 0 saturated carbocycles. The van der Waals surface area contributed by atoms with Crippen molar-refractivity contribution in [1.82, 2.24) is 0 Å². The summed E-state index contributed by atoms with van der Waals surface area (Å²) in [5.41, 5.74) is 7.02. The van der Waals surface area contributed by atoms with E-state index in [1.54, 1.807) is 12.1 Å². The number of aliphatic hydroxyl groups is 1. The zero-order valence-electron chi connectivity index (χ0n) is 9.85. The van der Waals surface area contributed by atoms with E-state index in [9.17, 15) is 4.39 Å². The molecular formula is C13H19FN2O. The van der Waals surface area contributed by atoms with Crippen molar-refractivity contribution in [2.24, 2.45) is 11.7 Å². The molecule has 1 saturated heterocycles. The second-order valence-corrected chi connectivity index (χ2v) is 4.76. The van der Waals surface area contributed by atoms with Crippen molar-refractivity contribution in [2.75, 3.05) is 24.6 Å². The average Bonchev–Trinajstić information content (AvgIpc) is 2.29. The summed E-state index contributed by atoms with van der Waals surface area (Å²) in [4.78, 5) is 2.17. The Hall–Kier alpha value is -1.13. The van der Waals surface area contributed by atoms with Crippen LogP contribution in [-0.2, 0) is 0 Å². The fraction of sp³-hybridized carbons (Fsp3) is 0.538. The number of hydrogen-bond acceptors (Lipinski definition) is 3. The molecule has 2 rings (SSSR count). The Bertz CT molecular complexity index is 355. The molecule has 1 aromatic carbocycles. The normalized spacial score (nSPS) is 25.0. The van der Waals surface area contributed by atoms with Gasteiger partial charge in [0.2, 0.25) is 0 Å². The first-order valence-corrected chi connectivity index (χ1v) is 6.06. The van der Waals surface area contributed by atoms with Gasteiger partial charge in [0.1, 0.15) is 5.82 Å². The minimum atomic E-state index is -0.220. The Balaban J connectivity index is 2.06. The summed E-state index contributed by atoms with van der Waals surface area (Å²) in [5.74, 6) is 0.204. The summed E-state index contributed by atoms with van der Waals surface area (Å²) in [6.45, 7) is 1.89. The molecule has 0 aliphatic carbocycles. The van der Waals surface area contributed by atoms with Gasteiger partial charge in [0.15, 0.2) is 0 Å². The smallest absolute Gasteiger partial charge is 0.123 e. The average molecular weight is 238 g/mol. The monoisotopic (exact) mass is 238 g/mol. The minimum Gasteiger partial charge on any atom is -0.396 e. The van der Waals surface area contributed by atoms with Crippen molar-refractivity contribution >= 4 is 5.69 Å². The van der Waals surface area contributed by atoms with E-state index in [-0.39, 0.29) is 18.5 Å². The third kappa shape index (κ3) is 3.17. The Morgan fingerprint density at radius 3 is 2.65 bits per heavy atom. The molecule has 3 nitrogen and oxygen atoms in total. The first-order chi connectivity index (χ1) is 8.19. The van der Waals surface area contributed by atoms with Crippen LogP contribution in [0, 0.1) is 11.7 Å². The first-order valence-electron chi connectivity index (χ1n) is 6.06. The summed E-state index contributed by atoms with van der Waals surface area (Å²) in [6, 6.07) is 6.63. The van der Waals surface area contributed by atoms with Crippen molar-refractivity contribution < 1.29 is 9.50 Å². The maximum absolute atomic E-state index is 12.9. The van der Waals surface area contributed by atoms with Crippen LogP contribution in [0.3, 0.4) is 0 Å². The Morgan fingerprint density at radius 2 is 2.00 bits per heavy atom. The Morgan fingerprint density at radius 1 is 1.29 bits per heavy atom. The molecule has 1 fully saturated rings. The number of rotatable bonds is 3. The number of piperidine rings is 1. The van der Waals surface area contributed by atoms with E-state index >= 15 is 0 Å². The topological polar surface area (TPSA) is 49.5 Å². The summed E-state index contributed by atoms with van der Waals surface area (Å²) in [5, 5.41) is 8.99. The van der Waals surface area contributed by atoms with Crippen molar-refractivity contribution in [3.8, 4) is 0 Å². The van der Waals surface area contributed by atoms with Crippen LogP contribution in [0.5, 0.6) is 0 Å². The van der Waals surface area contributed by atoms with E-state index in [0.29, 0.717) is 5.92 Å². The molecule has 2 atom stereocenters. The zero-order valence-corrected chi connectivity index (χ0v) is 9.85. The molecule has 2 unspecified atom stereocenters. The van der Waals surface area contributed by atoms with Crippen LogP contribution in [0.25, 0.3) is 0 Å². The maximum Gasteiger partial charge on any atom is 0.123 e. The van der Waals surface area contributed by atoms with Crippen LogP contribution < -0.4 is 10.6 Å². The van der Waals surface area contributed by atoms with Gasteiger partial charge in [0, 0.05) is 31.4 Å². The molecule has 0 aromatic heterocycles. The molecule has 0 amide bonds. The highest BCUT2D eigenvalue weighted by atomic mass is 19.1. The molecular weight excluding hydrogens is 219 g/mol. The van der Waals surface area contributed by atoms with Crippen molar-refractivity contribution in [2.45, 2.75) is 18.9 Å². The van der Waals surface area contributed by atoms with Gasteiger partial charge in [-0.1, -0.05) is 0 Å². The number of nitrogens with zero attached hydrogens (tertiary/aromatic N) is 1. The van der Waals surface area contributed by atoms with Gasteiger partial charge >= 0.3 is 0 Å². The van der Waals surface area contributed by atoms with Crippen LogP contribution >= 0.6 is 0 Å². The van der Waals surface area contributed by atoms with Gasteiger partial charge in [0.25, 0.3) is 0 Å². The van der Waals surface area contributed by atoms with Gasteiger partial charge < -0.3 is 15.7 Å². The summed E-state index contributed by atoms with van der Waals surface area (Å²) < 4.78 is 12.9. The van der Waals surface area contributed by atoms with E-state index in [0.717, 1.165) is 31.6 Å². The van der Waals surface area contributed by atoms with Crippen LogP contribution in [0.2, 0.25) is 0 Å². The van der Waals surface area contributed by atoms with Crippen LogP contribution in [-0.4, -0.2) is 30.8 Å². The van der Waals surface area contributed by atoms with Gasteiger partial charge in [-0.05, 0) is 43.0 Å². The third-order valence-electron chi connectivity index (χ3n) is 3.30. The predicted octanol–water partition coefficient (Wildman–Crippen LogP) is 1.36. The molecule has 4 heteroatoms. The molecule has 1 aromatic rings. The molecule has 3 N–H and O–H groups in total. The van der Waals surface area contributed by atoms with Gasteiger partial charge in [-0.15, -0.1) is 0 Å². The number of aliphatic hydroxyl groups excluding tert-OH is 1. The largest absolute Gasteiger partial charge is 0.396 e. The maximum atomic E-state index is 12.9. The molecule has 17 heavy (non-hydrogen) atoms. The van der Waals surface area contributed by atoms with E-state index in [2.05, 4.69) is 4.90 Å². The van der Waals surface area contributed by atoms with Crippen LogP contribution in [0.4, 0.5) is 10.1 Å². The molecule has 1 aliphatic rings. The van der Waals surface area contributed by atoms with E-state index in [4.69, 9.17) is 10.8 Å². The lowest BCUT2D eigenvalue weighted by Gasteiger charge is -2.37. The molecule has 0 spiro atoms. The number of anilines is 1. The predicted molar refractivity (Wildman–Crippen MR) is 66.4 cm³/mol. The molecule has 94 valence electrons. The fourth-order valence-corrected chi connectivity index (χ4v) is 2.50. The lowest BCUT2D eigenvalue weighted by molar-refractivity contribution is 0.238. The summed E-state index contributed by atoms with van der Waals surface area (Å²) in [7, 11) is 0. The number of nitrogens with two attached hydrogens (primary N) is 1. The zero-order chi connectivity index (χ0) is 12.3. The second kappa shape index (κ2) is 5.47. The van der Waals surface area contributed by atoms with Crippen LogP contribution in [0.1, 0.15) is 12.8 Å². The summed E-state index contributed by atoms with van der Waals surface area (Å²) in [6.07, 6.45) is 1.74. The minimum absolute atomic E-state index is 0.130. The van der Waals surface area contributed by atoms with Crippen molar-refractivity contribution in [3.63, 3.8) is 0 Å². The third-order valence-corrected chi connectivity index (χ3v) is 3.30. The fourth-order valence-electron chi connectivity index (χ4n) is 2.50. The molecule has 0 bridgehead atoms. The van der Waals surface area contributed by atoms with Gasteiger partial charge in [-0.2, -0.15) is 0 Å². The number of hydrogen-bond donors (Lipinski definition) is 2. The Kier molecular flexibility index (Phi) is 3.97. The SMILES string of the molecule is NC1CC(CCO)CN(c2ccc(F)cc2)C1. The quantitative estimate of drug-likeness (QED) is 0.836. The number of benzene rings is 1. The lowest BCUT2D eigenvalue weighted by atomic mass is 9.92. The molecule has 1 aliphatic heterocycles. The van der Waals surface area contributed by atoms with E-state index < -0.39 is 0 Å². The number of halogens is 1. The standard InChI is InChI=1S/C13H19FN2O/c14-11-1-3-13(4-2-11)16-8-10(5-6-17)7-12(15)9-16/h1-4,10,12,17H,5-9,15H2. The van der Waals surface area contributed by atoms with Gasteiger partial charge in [-0.3, -0.25) is 0 Å². The van der Waals surface area contributed by atoms with Crippen LogP contribution in [0.15, 0.2) is 24.3 Å². The Labute approximate surface area is 101 Å². The van der Waals surface area contributed by atoms with E-state index in [1.807, 2.05) is 0 Å². The highest BCUT2D eigenvalue weighted by molar-refractivity contribution is 5.47. The highest BCUT2D eigenvalue weighted by Crippen LogP contribution is 2.24. The van der Waals surface area contributed by atoms with Crippen molar-refractivity contribution in [1.29, 1.82) is 0 Å². The molecule has 0 radical (unpaired) electrons. The highest BCUT2D eigenvalue weighted by Gasteiger charge is 2.24. The second-order valence-electron chi connectivity index (χ2n) is 4.76. The first kappa shape index (κ1) is 12.3. The summed E-state index contributed by atoms with van der Waals surface area (Å²) >= 11 is 0. The van der Waals surface area contributed by atoms with Gasteiger partial charge in [0.05, 0.1) is 0 Å². The van der Waals surface area contributed by atoms with Gasteiger partial charge in [-0.25, -0.2) is 4.39 Å². The van der Waals surface area contributed by atoms with E-state index in [1.165, 1.54) is 12.1 Å². The molecule has 1 heterocycles.